The van der Waals surface area contributed by atoms with E-state index in [2.05, 4.69) is 10.0 Å². The Labute approximate surface area is 198 Å². The molecule has 0 aliphatic rings. The number of aryl methyl sites for hydroxylation is 2. The minimum Gasteiger partial charge on any atom is -0.495 e. The Morgan fingerprint density at radius 2 is 1.79 bits per heavy atom. The highest BCUT2D eigenvalue weighted by Crippen LogP contribution is 2.28. The minimum atomic E-state index is -3.84. The number of para-hydroxylation sites is 1. The molecule has 0 unspecified atom stereocenters. The number of ether oxygens (including phenoxy) is 2. The van der Waals surface area contributed by atoms with Crippen LogP contribution < -0.4 is 19.5 Å². The summed E-state index contributed by atoms with van der Waals surface area (Å²) in [6, 6.07) is 16.2. The summed E-state index contributed by atoms with van der Waals surface area (Å²) >= 11 is 6.05. The van der Waals surface area contributed by atoms with Crippen LogP contribution in [0.15, 0.2) is 65.6 Å². The zero-order valence-corrected chi connectivity index (χ0v) is 20.1. The number of amides is 1. The van der Waals surface area contributed by atoms with E-state index in [-0.39, 0.29) is 22.4 Å². The molecule has 0 fully saturated rings. The van der Waals surface area contributed by atoms with E-state index in [1.807, 2.05) is 32.0 Å². The zero-order valence-electron chi connectivity index (χ0n) is 18.5. The van der Waals surface area contributed by atoms with E-state index < -0.39 is 10.0 Å². The smallest absolute Gasteiger partial charge is 0.262 e. The number of carbonyl (C=O) groups excluding carboxylic acids is 1. The highest BCUT2D eigenvalue weighted by Gasteiger charge is 2.16. The average molecular weight is 489 g/mol. The van der Waals surface area contributed by atoms with Crippen molar-refractivity contribution in [2.75, 3.05) is 23.8 Å². The lowest BCUT2D eigenvalue weighted by molar-refractivity contribution is -0.118. The molecule has 0 atom stereocenters. The highest BCUT2D eigenvalue weighted by molar-refractivity contribution is 7.92. The fourth-order valence-electron chi connectivity index (χ4n) is 3.19. The monoisotopic (exact) mass is 488 g/mol. The average Bonchev–Trinajstić information content (AvgIpc) is 2.79. The van der Waals surface area contributed by atoms with Gasteiger partial charge in [-0.2, -0.15) is 0 Å². The van der Waals surface area contributed by atoms with Crippen molar-refractivity contribution in [1.29, 1.82) is 0 Å². The predicted octanol–water partition coefficient (Wildman–Crippen LogP) is 5.04. The number of hydrogen-bond donors (Lipinski definition) is 2. The summed E-state index contributed by atoms with van der Waals surface area (Å²) in [6.07, 6.45) is 0.796. The zero-order chi connectivity index (χ0) is 24.0. The Morgan fingerprint density at radius 3 is 2.42 bits per heavy atom. The van der Waals surface area contributed by atoms with Crippen molar-refractivity contribution in [2.45, 2.75) is 25.2 Å². The normalized spacial score (nSPS) is 11.0. The summed E-state index contributed by atoms with van der Waals surface area (Å²) in [5, 5.41) is 3.17. The van der Waals surface area contributed by atoms with Gasteiger partial charge in [0.1, 0.15) is 11.5 Å². The Kier molecular flexibility index (Phi) is 7.84. The second-order valence-corrected chi connectivity index (χ2v) is 9.32. The molecule has 0 aliphatic heterocycles. The predicted molar refractivity (Wildman–Crippen MR) is 130 cm³/mol. The van der Waals surface area contributed by atoms with E-state index in [9.17, 15) is 13.2 Å². The van der Waals surface area contributed by atoms with Crippen molar-refractivity contribution >= 4 is 38.9 Å². The van der Waals surface area contributed by atoms with Gasteiger partial charge in [0.05, 0.1) is 22.7 Å². The van der Waals surface area contributed by atoms with Crippen LogP contribution in [0.2, 0.25) is 5.02 Å². The van der Waals surface area contributed by atoms with E-state index in [0.717, 1.165) is 23.2 Å². The molecule has 3 rings (SSSR count). The number of nitrogens with one attached hydrogen (secondary N) is 2. The molecular formula is C24H25ClN2O5S. The first kappa shape index (κ1) is 24.4. The van der Waals surface area contributed by atoms with E-state index in [0.29, 0.717) is 17.2 Å². The number of sulfonamides is 1. The van der Waals surface area contributed by atoms with Crippen LogP contribution in [0.5, 0.6) is 11.5 Å². The summed E-state index contributed by atoms with van der Waals surface area (Å²) in [4.78, 5) is 12.4. The molecular weight excluding hydrogens is 464 g/mol. The first-order valence-corrected chi connectivity index (χ1v) is 12.1. The van der Waals surface area contributed by atoms with Crippen LogP contribution in [0.1, 0.15) is 18.1 Å². The Hall–Kier alpha value is -3.23. The second kappa shape index (κ2) is 10.6. The Bertz CT molecular complexity index is 1240. The number of benzene rings is 3. The van der Waals surface area contributed by atoms with Crippen molar-refractivity contribution in [2.24, 2.45) is 0 Å². The number of rotatable bonds is 9. The fraction of sp³-hybridized carbons (Fsp3) is 0.208. The van der Waals surface area contributed by atoms with Crippen LogP contribution in [0.3, 0.4) is 0 Å². The first-order chi connectivity index (χ1) is 15.7. The Morgan fingerprint density at radius 1 is 1.06 bits per heavy atom. The molecule has 3 aromatic carbocycles. The first-order valence-electron chi connectivity index (χ1n) is 10.2. The van der Waals surface area contributed by atoms with Crippen LogP contribution in [-0.4, -0.2) is 28.0 Å². The van der Waals surface area contributed by atoms with Gasteiger partial charge in [0.2, 0.25) is 0 Å². The van der Waals surface area contributed by atoms with Crippen molar-refractivity contribution < 1.29 is 22.7 Å². The van der Waals surface area contributed by atoms with Gasteiger partial charge in [-0.3, -0.25) is 9.52 Å². The molecule has 1 amide bonds. The van der Waals surface area contributed by atoms with Gasteiger partial charge >= 0.3 is 0 Å². The van der Waals surface area contributed by atoms with E-state index in [4.69, 9.17) is 21.1 Å². The molecule has 3 aromatic rings. The van der Waals surface area contributed by atoms with Crippen molar-refractivity contribution in [3.63, 3.8) is 0 Å². The summed E-state index contributed by atoms with van der Waals surface area (Å²) in [5.41, 5.74) is 3.12. The standard InChI is InChI=1S/C24H25ClN2O5S/c1-4-17-7-5-6-16(2)24(17)26-23(28)15-32-19-9-11-20(12-10-19)33(29,30)27-18-8-13-22(31-3)21(25)14-18/h5-14,27H,4,15H2,1-3H3,(H,26,28). The number of halogens is 1. The van der Waals surface area contributed by atoms with E-state index >= 15 is 0 Å². The van der Waals surface area contributed by atoms with Crippen LogP contribution in [0.25, 0.3) is 0 Å². The van der Waals surface area contributed by atoms with Gasteiger partial charge in [0.15, 0.2) is 6.61 Å². The maximum atomic E-state index is 12.6. The van der Waals surface area contributed by atoms with Crippen LogP contribution >= 0.6 is 11.6 Å². The number of anilines is 2. The fourth-order valence-corrected chi connectivity index (χ4v) is 4.49. The van der Waals surface area contributed by atoms with E-state index in [1.165, 1.54) is 37.4 Å². The van der Waals surface area contributed by atoms with E-state index in [1.54, 1.807) is 12.1 Å². The van der Waals surface area contributed by atoms with Crippen molar-refractivity contribution in [1.82, 2.24) is 0 Å². The maximum absolute atomic E-state index is 12.6. The largest absolute Gasteiger partial charge is 0.495 e. The molecule has 0 radical (unpaired) electrons. The maximum Gasteiger partial charge on any atom is 0.262 e. The third kappa shape index (κ3) is 6.18. The van der Waals surface area contributed by atoms with Gasteiger partial charge in [-0.1, -0.05) is 36.7 Å². The van der Waals surface area contributed by atoms with Gasteiger partial charge in [0.25, 0.3) is 15.9 Å². The van der Waals surface area contributed by atoms with Gasteiger partial charge in [-0.15, -0.1) is 0 Å². The van der Waals surface area contributed by atoms with Crippen molar-refractivity contribution in [3.05, 3.63) is 76.8 Å². The number of methoxy groups -OCH3 is 1. The molecule has 0 saturated heterocycles. The molecule has 9 heteroatoms. The number of hydrogen-bond acceptors (Lipinski definition) is 5. The molecule has 33 heavy (non-hydrogen) atoms. The third-order valence-corrected chi connectivity index (χ3v) is 6.60. The van der Waals surface area contributed by atoms with Crippen LogP contribution in [-0.2, 0) is 21.2 Å². The number of carbonyl (C=O) groups is 1. The van der Waals surface area contributed by atoms with Gasteiger partial charge in [0, 0.05) is 5.69 Å². The molecule has 0 aliphatic carbocycles. The SMILES string of the molecule is CCc1cccc(C)c1NC(=O)COc1ccc(S(=O)(=O)Nc2ccc(OC)c(Cl)c2)cc1. The third-order valence-electron chi connectivity index (χ3n) is 4.91. The van der Waals surface area contributed by atoms with Crippen LogP contribution in [0, 0.1) is 6.92 Å². The molecule has 0 aromatic heterocycles. The topological polar surface area (TPSA) is 93.7 Å². The highest BCUT2D eigenvalue weighted by atomic mass is 35.5. The summed E-state index contributed by atoms with van der Waals surface area (Å²) < 4.78 is 38.4. The molecule has 2 N–H and O–H groups in total. The second-order valence-electron chi connectivity index (χ2n) is 7.23. The lowest BCUT2D eigenvalue weighted by Crippen LogP contribution is -2.21. The van der Waals surface area contributed by atoms with Gasteiger partial charge < -0.3 is 14.8 Å². The molecule has 0 spiro atoms. The molecule has 7 nitrogen and oxygen atoms in total. The van der Waals surface area contributed by atoms with Crippen molar-refractivity contribution in [3.8, 4) is 11.5 Å². The quantitative estimate of drug-likeness (QED) is 0.440. The van der Waals surface area contributed by atoms with Crippen LogP contribution in [0.4, 0.5) is 11.4 Å². The molecule has 0 heterocycles. The Balaban J connectivity index is 1.62. The summed E-state index contributed by atoms with van der Waals surface area (Å²) in [7, 11) is -2.36. The lowest BCUT2D eigenvalue weighted by Gasteiger charge is -2.13. The lowest BCUT2D eigenvalue weighted by atomic mass is 10.1. The minimum absolute atomic E-state index is 0.0405. The summed E-state index contributed by atoms with van der Waals surface area (Å²) in [6.45, 7) is 3.75. The molecule has 0 bridgehead atoms. The molecule has 174 valence electrons. The molecule has 0 saturated carbocycles. The van der Waals surface area contributed by atoms with Gasteiger partial charge in [-0.05, 0) is 66.9 Å². The summed E-state index contributed by atoms with van der Waals surface area (Å²) in [5.74, 6) is 0.518. The van der Waals surface area contributed by atoms with Gasteiger partial charge in [-0.25, -0.2) is 8.42 Å².